The highest BCUT2D eigenvalue weighted by Crippen LogP contribution is 2.45. The van der Waals surface area contributed by atoms with Crippen molar-refractivity contribution in [3.63, 3.8) is 0 Å². The SMILES string of the molecule is COc1nc(Nc2ccc(F)c(Cl)c2)c2cc(O)c(C3CC3)cc2n1. The van der Waals surface area contributed by atoms with Crippen LogP contribution in [-0.4, -0.2) is 22.2 Å². The first kappa shape index (κ1) is 15.9. The second-order valence-corrected chi connectivity index (χ2v) is 6.42. The summed E-state index contributed by atoms with van der Waals surface area (Å²) < 4.78 is 18.5. The zero-order valence-electron chi connectivity index (χ0n) is 13.4. The second-order valence-electron chi connectivity index (χ2n) is 6.02. The van der Waals surface area contributed by atoms with E-state index in [0.717, 1.165) is 18.4 Å². The average molecular weight is 360 g/mol. The number of anilines is 2. The highest BCUT2D eigenvalue weighted by atomic mass is 35.5. The molecule has 0 unspecified atom stereocenters. The molecular weight excluding hydrogens is 345 g/mol. The van der Waals surface area contributed by atoms with E-state index in [1.807, 2.05) is 6.07 Å². The average Bonchev–Trinajstić information content (AvgIpc) is 3.43. The Kier molecular flexibility index (Phi) is 3.84. The van der Waals surface area contributed by atoms with E-state index in [9.17, 15) is 9.50 Å². The number of methoxy groups -OCH3 is 1. The molecule has 1 aliphatic rings. The number of aromatic hydroxyl groups is 1. The van der Waals surface area contributed by atoms with Crippen molar-refractivity contribution in [3.8, 4) is 11.8 Å². The van der Waals surface area contributed by atoms with Crippen molar-refractivity contribution in [2.75, 3.05) is 12.4 Å². The molecule has 128 valence electrons. The molecule has 4 rings (SSSR count). The molecule has 0 saturated heterocycles. The van der Waals surface area contributed by atoms with Gasteiger partial charge >= 0.3 is 6.01 Å². The maximum Gasteiger partial charge on any atom is 0.318 e. The summed E-state index contributed by atoms with van der Waals surface area (Å²) >= 11 is 5.83. The first-order valence-electron chi connectivity index (χ1n) is 7.86. The van der Waals surface area contributed by atoms with E-state index < -0.39 is 5.82 Å². The summed E-state index contributed by atoms with van der Waals surface area (Å²) in [6.45, 7) is 0. The van der Waals surface area contributed by atoms with Gasteiger partial charge in [-0.3, -0.25) is 0 Å². The highest BCUT2D eigenvalue weighted by Gasteiger charge is 2.27. The Morgan fingerprint density at radius 1 is 1.24 bits per heavy atom. The zero-order chi connectivity index (χ0) is 17.6. The van der Waals surface area contributed by atoms with Gasteiger partial charge in [0, 0.05) is 11.1 Å². The van der Waals surface area contributed by atoms with Crippen LogP contribution in [0.25, 0.3) is 10.9 Å². The van der Waals surface area contributed by atoms with E-state index in [4.69, 9.17) is 16.3 Å². The van der Waals surface area contributed by atoms with Crippen LogP contribution in [0.1, 0.15) is 24.3 Å². The molecule has 7 heteroatoms. The highest BCUT2D eigenvalue weighted by molar-refractivity contribution is 6.31. The van der Waals surface area contributed by atoms with Crippen LogP contribution in [0.15, 0.2) is 30.3 Å². The van der Waals surface area contributed by atoms with Crippen molar-refractivity contribution in [2.45, 2.75) is 18.8 Å². The minimum absolute atomic E-state index is 0.00851. The molecule has 3 aromatic rings. The summed E-state index contributed by atoms with van der Waals surface area (Å²) in [5.74, 6) is 0.563. The van der Waals surface area contributed by atoms with Crippen LogP contribution in [0.2, 0.25) is 5.02 Å². The molecule has 1 saturated carbocycles. The van der Waals surface area contributed by atoms with Crippen molar-refractivity contribution in [1.29, 1.82) is 0 Å². The molecule has 0 amide bonds. The fraction of sp³-hybridized carbons (Fsp3) is 0.222. The molecular formula is C18H15ClFN3O2. The molecule has 1 fully saturated rings. The quantitative estimate of drug-likeness (QED) is 0.703. The number of hydrogen-bond donors (Lipinski definition) is 2. The molecule has 0 radical (unpaired) electrons. The Balaban J connectivity index is 1.83. The maximum absolute atomic E-state index is 13.3. The number of fused-ring (bicyclic) bond motifs is 1. The molecule has 1 heterocycles. The van der Waals surface area contributed by atoms with E-state index >= 15 is 0 Å². The summed E-state index contributed by atoms with van der Waals surface area (Å²) in [7, 11) is 1.49. The number of hydrogen-bond acceptors (Lipinski definition) is 5. The zero-order valence-corrected chi connectivity index (χ0v) is 14.1. The number of phenols is 1. The number of ether oxygens (including phenoxy) is 1. The number of halogens is 2. The van der Waals surface area contributed by atoms with E-state index in [1.54, 1.807) is 12.1 Å². The van der Waals surface area contributed by atoms with Gasteiger partial charge in [0.25, 0.3) is 0 Å². The summed E-state index contributed by atoms with van der Waals surface area (Å²) in [4.78, 5) is 8.67. The summed E-state index contributed by atoms with van der Waals surface area (Å²) in [6.07, 6.45) is 2.14. The van der Waals surface area contributed by atoms with Crippen molar-refractivity contribution >= 4 is 34.0 Å². The molecule has 1 aromatic heterocycles. The summed E-state index contributed by atoms with van der Waals surface area (Å²) in [5, 5.41) is 14.1. The maximum atomic E-state index is 13.3. The lowest BCUT2D eigenvalue weighted by Gasteiger charge is -2.12. The third-order valence-corrected chi connectivity index (χ3v) is 4.50. The number of nitrogens with one attached hydrogen (secondary N) is 1. The predicted octanol–water partition coefficient (Wildman–Crippen LogP) is 4.76. The Labute approximate surface area is 148 Å². The fourth-order valence-corrected chi connectivity index (χ4v) is 2.96. The molecule has 2 aromatic carbocycles. The van der Waals surface area contributed by atoms with Crippen LogP contribution in [-0.2, 0) is 0 Å². The van der Waals surface area contributed by atoms with Crippen LogP contribution in [0.5, 0.6) is 11.8 Å². The molecule has 5 nitrogen and oxygen atoms in total. The minimum atomic E-state index is -0.496. The van der Waals surface area contributed by atoms with Crippen LogP contribution < -0.4 is 10.1 Å². The normalized spacial score (nSPS) is 13.9. The van der Waals surface area contributed by atoms with Crippen molar-refractivity contribution in [2.24, 2.45) is 0 Å². The fourth-order valence-electron chi connectivity index (χ4n) is 2.78. The van der Waals surface area contributed by atoms with Gasteiger partial charge < -0.3 is 15.2 Å². The Bertz CT molecular complexity index is 976. The molecule has 25 heavy (non-hydrogen) atoms. The Hall–Kier alpha value is -2.60. The number of rotatable bonds is 4. The third kappa shape index (κ3) is 3.05. The van der Waals surface area contributed by atoms with Gasteiger partial charge in [0.15, 0.2) is 0 Å². The van der Waals surface area contributed by atoms with Crippen molar-refractivity contribution < 1.29 is 14.2 Å². The van der Waals surface area contributed by atoms with Gasteiger partial charge in [-0.25, -0.2) is 4.39 Å². The largest absolute Gasteiger partial charge is 0.508 e. The molecule has 0 bridgehead atoms. The van der Waals surface area contributed by atoms with Gasteiger partial charge in [0.05, 0.1) is 17.6 Å². The van der Waals surface area contributed by atoms with Crippen LogP contribution >= 0.6 is 11.6 Å². The lowest BCUT2D eigenvalue weighted by Crippen LogP contribution is -2.00. The molecule has 0 spiro atoms. The number of aromatic nitrogens is 2. The van der Waals surface area contributed by atoms with Gasteiger partial charge in [-0.1, -0.05) is 11.6 Å². The smallest absolute Gasteiger partial charge is 0.318 e. The van der Waals surface area contributed by atoms with Gasteiger partial charge in [-0.05, 0) is 54.7 Å². The van der Waals surface area contributed by atoms with Crippen LogP contribution in [0.4, 0.5) is 15.9 Å². The van der Waals surface area contributed by atoms with Crippen molar-refractivity contribution in [3.05, 3.63) is 46.7 Å². The Morgan fingerprint density at radius 3 is 2.72 bits per heavy atom. The molecule has 2 N–H and O–H groups in total. The number of nitrogens with zero attached hydrogens (tertiary/aromatic N) is 2. The standard InChI is InChI=1S/C18H15ClFN3O2/c1-25-18-22-15-7-11(9-2-3-9)16(24)8-12(15)17(23-18)21-10-4-5-14(20)13(19)6-10/h4-9,24H,2-3H2,1H3,(H,21,22,23). The molecule has 0 aliphatic heterocycles. The first-order chi connectivity index (χ1) is 12.0. The lowest BCUT2D eigenvalue weighted by atomic mass is 10.1. The summed E-state index contributed by atoms with van der Waals surface area (Å²) in [6, 6.07) is 8.02. The summed E-state index contributed by atoms with van der Waals surface area (Å²) in [5.41, 5.74) is 2.13. The second kappa shape index (κ2) is 6.04. The van der Waals surface area contributed by atoms with Gasteiger partial charge in [-0.15, -0.1) is 0 Å². The predicted molar refractivity (Wildman–Crippen MR) is 94.4 cm³/mol. The van der Waals surface area contributed by atoms with Crippen molar-refractivity contribution in [1.82, 2.24) is 9.97 Å². The van der Waals surface area contributed by atoms with E-state index in [0.29, 0.717) is 28.3 Å². The van der Waals surface area contributed by atoms with Crippen LogP contribution in [0, 0.1) is 5.82 Å². The molecule has 1 aliphatic carbocycles. The van der Waals surface area contributed by atoms with E-state index in [2.05, 4.69) is 15.3 Å². The molecule has 0 atom stereocenters. The number of benzene rings is 2. The topological polar surface area (TPSA) is 67.3 Å². The monoisotopic (exact) mass is 359 g/mol. The van der Waals surface area contributed by atoms with E-state index in [-0.39, 0.29) is 16.8 Å². The van der Waals surface area contributed by atoms with Gasteiger partial charge in [-0.2, -0.15) is 9.97 Å². The van der Waals surface area contributed by atoms with Gasteiger partial charge in [0.1, 0.15) is 17.4 Å². The first-order valence-corrected chi connectivity index (χ1v) is 8.23. The Morgan fingerprint density at radius 2 is 2.04 bits per heavy atom. The number of phenolic OH excluding ortho intramolecular Hbond substituents is 1. The van der Waals surface area contributed by atoms with Gasteiger partial charge in [0.2, 0.25) is 0 Å². The van der Waals surface area contributed by atoms with E-state index in [1.165, 1.54) is 19.2 Å². The van der Waals surface area contributed by atoms with Crippen LogP contribution in [0.3, 0.4) is 0 Å². The minimum Gasteiger partial charge on any atom is -0.508 e. The lowest BCUT2D eigenvalue weighted by molar-refractivity contribution is 0.382. The third-order valence-electron chi connectivity index (χ3n) is 4.21.